The van der Waals surface area contributed by atoms with Crippen LogP contribution in [0.15, 0.2) is 66.3 Å². The SMILES string of the molecule is CC(=O)O[C@H](C(C)C)[C@H](C)/C=C/C(=O)NC/C=C/C(C)=C/[C@@H](O)CCc1ccccc1. The summed E-state index contributed by atoms with van der Waals surface area (Å²) in [4.78, 5) is 23.3. The van der Waals surface area contributed by atoms with Gasteiger partial charge in [0.15, 0.2) is 0 Å². The van der Waals surface area contributed by atoms with Crippen molar-refractivity contribution in [3.63, 3.8) is 0 Å². The molecule has 31 heavy (non-hydrogen) atoms. The van der Waals surface area contributed by atoms with Crippen LogP contribution in [0, 0.1) is 11.8 Å². The van der Waals surface area contributed by atoms with Crippen LogP contribution in [0.25, 0.3) is 0 Å². The van der Waals surface area contributed by atoms with E-state index in [0.717, 1.165) is 12.0 Å². The Morgan fingerprint density at radius 1 is 1.10 bits per heavy atom. The van der Waals surface area contributed by atoms with Gasteiger partial charge in [-0.1, -0.05) is 81.0 Å². The lowest BCUT2D eigenvalue weighted by Crippen LogP contribution is -2.29. The van der Waals surface area contributed by atoms with Crippen molar-refractivity contribution >= 4 is 11.9 Å². The van der Waals surface area contributed by atoms with E-state index in [-0.39, 0.29) is 29.8 Å². The fourth-order valence-corrected chi connectivity index (χ4v) is 3.26. The van der Waals surface area contributed by atoms with Crippen LogP contribution in [0.1, 0.15) is 46.6 Å². The van der Waals surface area contributed by atoms with Gasteiger partial charge in [0.2, 0.25) is 5.91 Å². The number of hydrogen-bond acceptors (Lipinski definition) is 4. The zero-order chi connectivity index (χ0) is 23.2. The Hall–Kier alpha value is -2.66. The second-order valence-corrected chi connectivity index (χ2v) is 8.19. The van der Waals surface area contributed by atoms with Gasteiger partial charge in [-0.25, -0.2) is 0 Å². The van der Waals surface area contributed by atoms with E-state index in [1.54, 1.807) is 6.08 Å². The molecule has 0 heterocycles. The summed E-state index contributed by atoms with van der Waals surface area (Å²) in [6.07, 6.45) is 9.52. The molecular formula is C26H37NO4. The van der Waals surface area contributed by atoms with Crippen LogP contribution in [-0.2, 0) is 20.7 Å². The molecule has 0 aromatic heterocycles. The van der Waals surface area contributed by atoms with E-state index >= 15 is 0 Å². The van der Waals surface area contributed by atoms with Gasteiger partial charge < -0.3 is 15.2 Å². The standard InChI is InChI=1S/C26H37NO4/c1-19(2)26(31-22(5)28)21(4)13-16-25(30)27-17-9-10-20(3)18-24(29)15-14-23-11-7-6-8-12-23/h6-13,16,18-19,21,24,26,29H,14-15,17H2,1-5H3,(H,27,30)/b10-9+,16-13+,20-18+/t21-,24+,26-/m1/s1. The molecule has 0 spiro atoms. The minimum atomic E-state index is -0.505. The highest BCUT2D eigenvalue weighted by molar-refractivity contribution is 5.87. The van der Waals surface area contributed by atoms with Crippen LogP contribution in [0.4, 0.5) is 0 Å². The van der Waals surface area contributed by atoms with E-state index in [4.69, 9.17) is 4.74 Å². The average molecular weight is 428 g/mol. The molecule has 1 amide bonds. The zero-order valence-electron chi connectivity index (χ0n) is 19.4. The molecule has 0 aliphatic carbocycles. The molecule has 1 aromatic rings. The first-order valence-corrected chi connectivity index (χ1v) is 10.9. The van der Waals surface area contributed by atoms with Gasteiger partial charge in [-0.05, 0) is 37.3 Å². The highest BCUT2D eigenvalue weighted by Crippen LogP contribution is 2.18. The predicted molar refractivity (Wildman–Crippen MR) is 125 cm³/mol. The van der Waals surface area contributed by atoms with Gasteiger partial charge in [0.05, 0.1) is 6.10 Å². The molecule has 170 valence electrons. The molecule has 0 aliphatic heterocycles. The van der Waals surface area contributed by atoms with Crippen LogP contribution < -0.4 is 5.32 Å². The van der Waals surface area contributed by atoms with Crippen molar-refractivity contribution in [3.8, 4) is 0 Å². The summed E-state index contributed by atoms with van der Waals surface area (Å²) in [6.45, 7) is 9.60. The monoisotopic (exact) mass is 427 g/mol. The third-order valence-electron chi connectivity index (χ3n) is 4.83. The Bertz CT molecular complexity index is 765. The van der Waals surface area contributed by atoms with Gasteiger partial charge in [0, 0.05) is 19.4 Å². The number of hydrogen-bond donors (Lipinski definition) is 2. The number of rotatable bonds is 12. The molecule has 1 aromatic carbocycles. The van der Waals surface area contributed by atoms with Crippen LogP contribution >= 0.6 is 0 Å². The maximum atomic E-state index is 12.0. The lowest BCUT2D eigenvalue weighted by Gasteiger charge is -2.24. The van der Waals surface area contributed by atoms with Crippen LogP contribution in [0.3, 0.4) is 0 Å². The second-order valence-electron chi connectivity index (χ2n) is 8.19. The molecule has 3 atom stereocenters. The molecular weight excluding hydrogens is 390 g/mol. The summed E-state index contributed by atoms with van der Waals surface area (Å²) in [5.74, 6) is -0.423. The summed E-state index contributed by atoms with van der Waals surface area (Å²) in [7, 11) is 0. The smallest absolute Gasteiger partial charge is 0.302 e. The molecule has 5 heteroatoms. The van der Waals surface area contributed by atoms with Crippen LogP contribution in [0.5, 0.6) is 0 Å². The first-order chi connectivity index (χ1) is 14.7. The number of aliphatic hydroxyl groups is 1. The summed E-state index contributed by atoms with van der Waals surface area (Å²) in [6, 6.07) is 10.1. The lowest BCUT2D eigenvalue weighted by atomic mass is 9.94. The van der Waals surface area contributed by atoms with Gasteiger partial charge in [0.25, 0.3) is 0 Å². The number of ether oxygens (including phenoxy) is 1. The summed E-state index contributed by atoms with van der Waals surface area (Å²) in [5.41, 5.74) is 2.15. The third kappa shape index (κ3) is 11.9. The zero-order valence-corrected chi connectivity index (χ0v) is 19.4. The fourth-order valence-electron chi connectivity index (χ4n) is 3.26. The first-order valence-electron chi connectivity index (χ1n) is 10.9. The van der Waals surface area contributed by atoms with Crippen molar-refractivity contribution in [1.29, 1.82) is 0 Å². The number of allylic oxidation sites excluding steroid dienone is 2. The summed E-state index contributed by atoms with van der Waals surface area (Å²) >= 11 is 0. The normalized spacial score (nSPS) is 15.3. The van der Waals surface area contributed by atoms with Crippen molar-refractivity contribution in [2.75, 3.05) is 6.54 Å². The van der Waals surface area contributed by atoms with E-state index in [1.165, 1.54) is 18.6 Å². The van der Waals surface area contributed by atoms with Crippen molar-refractivity contribution in [1.82, 2.24) is 5.32 Å². The van der Waals surface area contributed by atoms with Gasteiger partial charge >= 0.3 is 5.97 Å². The fraction of sp³-hybridized carbons (Fsp3) is 0.462. The molecule has 0 aliphatic rings. The van der Waals surface area contributed by atoms with Gasteiger partial charge in [0.1, 0.15) is 6.10 Å². The number of benzene rings is 1. The topological polar surface area (TPSA) is 75.6 Å². The van der Waals surface area contributed by atoms with Crippen molar-refractivity contribution in [2.24, 2.45) is 11.8 Å². The number of aliphatic hydroxyl groups excluding tert-OH is 1. The largest absolute Gasteiger partial charge is 0.462 e. The quantitative estimate of drug-likeness (QED) is 0.295. The Labute approximate surface area is 186 Å². The van der Waals surface area contributed by atoms with E-state index in [2.05, 4.69) is 17.4 Å². The highest BCUT2D eigenvalue weighted by Gasteiger charge is 2.22. The average Bonchev–Trinajstić information content (AvgIpc) is 2.72. The maximum absolute atomic E-state index is 12.0. The predicted octanol–water partition coefficient (Wildman–Crippen LogP) is 4.38. The third-order valence-corrected chi connectivity index (χ3v) is 4.83. The molecule has 0 saturated carbocycles. The van der Waals surface area contributed by atoms with Gasteiger partial charge in [-0.3, -0.25) is 9.59 Å². The minimum Gasteiger partial charge on any atom is -0.462 e. The number of esters is 1. The molecule has 5 nitrogen and oxygen atoms in total. The molecule has 0 unspecified atom stereocenters. The van der Waals surface area contributed by atoms with Crippen molar-refractivity contribution < 1.29 is 19.4 Å². The molecule has 0 bridgehead atoms. The van der Waals surface area contributed by atoms with Crippen molar-refractivity contribution in [3.05, 3.63) is 71.8 Å². The van der Waals surface area contributed by atoms with E-state index in [1.807, 2.05) is 64.1 Å². The van der Waals surface area contributed by atoms with Gasteiger partial charge in [-0.2, -0.15) is 0 Å². The second kappa shape index (κ2) is 14.4. The lowest BCUT2D eigenvalue weighted by molar-refractivity contribution is -0.150. The molecule has 1 rings (SSSR count). The van der Waals surface area contributed by atoms with Gasteiger partial charge in [-0.15, -0.1) is 0 Å². The Morgan fingerprint density at radius 2 is 1.77 bits per heavy atom. The minimum absolute atomic E-state index is 0.0623. The number of aryl methyl sites for hydroxylation is 1. The Kier molecular flexibility index (Phi) is 12.2. The number of amides is 1. The first kappa shape index (κ1) is 26.4. The number of nitrogens with one attached hydrogen (secondary N) is 1. The van der Waals surface area contributed by atoms with Crippen LogP contribution in [0.2, 0.25) is 0 Å². The number of carbonyl (C=O) groups excluding carboxylic acids is 2. The summed E-state index contributed by atoms with van der Waals surface area (Å²) < 4.78 is 5.35. The van der Waals surface area contributed by atoms with Crippen molar-refractivity contribution in [2.45, 2.75) is 59.7 Å². The molecule has 0 radical (unpaired) electrons. The van der Waals surface area contributed by atoms with E-state index in [9.17, 15) is 14.7 Å². The molecule has 2 N–H and O–H groups in total. The van der Waals surface area contributed by atoms with Crippen LogP contribution in [-0.4, -0.2) is 35.7 Å². The summed E-state index contributed by atoms with van der Waals surface area (Å²) in [5, 5.41) is 13.0. The maximum Gasteiger partial charge on any atom is 0.302 e. The Balaban J connectivity index is 2.39. The van der Waals surface area contributed by atoms with E-state index < -0.39 is 6.10 Å². The highest BCUT2D eigenvalue weighted by atomic mass is 16.5. The molecule has 0 fully saturated rings. The van der Waals surface area contributed by atoms with E-state index in [0.29, 0.717) is 13.0 Å². The Morgan fingerprint density at radius 3 is 2.39 bits per heavy atom. The molecule has 0 saturated heterocycles. The number of carbonyl (C=O) groups is 2.